The van der Waals surface area contributed by atoms with E-state index in [0.29, 0.717) is 18.8 Å². The van der Waals surface area contributed by atoms with E-state index in [4.69, 9.17) is 4.74 Å². The fourth-order valence-corrected chi connectivity index (χ4v) is 2.21. The smallest absolute Gasteiger partial charge is 0.354 e. The minimum absolute atomic E-state index is 0.265. The maximum Gasteiger partial charge on any atom is 0.354 e. The predicted molar refractivity (Wildman–Crippen MR) is 75.4 cm³/mol. The number of ether oxygens (including phenoxy) is 1. The summed E-state index contributed by atoms with van der Waals surface area (Å²) >= 11 is 0. The molecule has 0 spiro atoms. The van der Waals surface area contributed by atoms with Crippen LogP contribution in [0.5, 0.6) is 0 Å². The second-order valence-corrected chi connectivity index (χ2v) is 4.61. The number of carbonyl (C=O) groups excluding carboxylic acids is 1. The van der Waals surface area contributed by atoms with Gasteiger partial charge in [0.25, 0.3) is 0 Å². The Hall–Kier alpha value is -2.03. The molecule has 2 aromatic rings. The molecule has 0 bridgehead atoms. The first kappa shape index (κ1) is 13.4. The second-order valence-electron chi connectivity index (χ2n) is 4.61. The third kappa shape index (κ3) is 2.87. The van der Waals surface area contributed by atoms with Crippen LogP contribution in [0.15, 0.2) is 36.5 Å². The van der Waals surface area contributed by atoms with Gasteiger partial charge in [0.2, 0.25) is 0 Å². The lowest BCUT2D eigenvalue weighted by molar-refractivity contribution is 0.0514. The van der Waals surface area contributed by atoms with E-state index in [2.05, 4.69) is 32.0 Å². The van der Waals surface area contributed by atoms with Crippen molar-refractivity contribution in [1.82, 2.24) is 4.57 Å². The fourth-order valence-electron chi connectivity index (χ4n) is 2.21. The highest BCUT2D eigenvalue weighted by molar-refractivity contribution is 5.87. The summed E-state index contributed by atoms with van der Waals surface area (Å²) in [6, 6.07) is 9.91. The first-order valence-electron chi connectivity index (χ1n) is 6.50. The molecule has 0 amide bonds. The molecule has 0 unspecified atom stereocenters. The molecule has 0 aliphatic carbocycles. The highest BCUT2D eigenvalue weighted by Crippen LogP contribution is 2.16. The standard InChI is InChI=1S/C16H19NO2/c1-4-19-16(18)15-9-6-10-17(15)11-14-12(2)7-5-8-13(14)3/h5-10H,4,11H2,1-3H3. The molecular formula is C16H19NO2. The molecule has 0 atom stereocenters. The Kier molecular flexibility index (Phi) is 4.05. The van der Waals surface area contributed by atoms with Gasteiger partial charge in [0.1, 0.15) is 5.69 Å². The molecule has 1 aromatic carbocycles. The molecule has 1 aromatic heterocycles. The van der Waals surface area contributed by atoms with Crippen LogP contribution >= 0.6 is 0 Å². The van der Waals surface area contributed by atoms with Crippen molar-refractivity contribution in [3.05, 3.63) is 58.9 Å². The lowest BCUT2D eigenvalue weighted by Crippen LogP contribution is -2.13. The highest BCUT2D eigenvalue weighted by atomic mass is 16.5. The summed E-state index contributed by atoms with van der Waals surface area (Å²) in [5, 5.41) is 0. The van der Waals surface area contributed by atoms with Gasteiger partial charge in [0, 0.05) is 12.7 Å². The monoisotopic (exact) mass is 257 g/mol. The lowest BCUT2D eigenvalue weighted by Gasteiger charge is -2.13. The van der Waals surface area contributed by atoms with Crippen LogP contribution in [0, 0.1) is 13.8 Å². The quantitative estimate of drug-likeness (QED) is 0.787. The molecule has 3 nitrogen and oxygen atoms in total. The van der Waals surface area contributed by atoms with Gasteiger partial charge in [-0.05, 0) is 49.6 Å². The van der Waals surface area contributed by atoms with Crippen molar-refractivity contribution in [3.63, 3.8) is 0 Å². The van der Waals surface area contributed by atoms with Crippen LogP contribution in [0.2, 0.25) is 0 Å². The van der Waals surface area contributed by atoms with Crippen LogP contribution in [0.25, 0.3) is 0 Å². The molecule has 3 heteroatoms. The van der Waals surface area contributed by atoms with Gasteiger partial charge in [-0.3, -0.25) is 0 Å². The van der Waals surface area contributed by atoms with Gasteiger partial charge in [-0.2, -0.15) is 0 Å². The molecule has 0 radical (unpaired) electrons. The van der Waals surface area contributed by atoms with Crippen LogP contribution < -0.4 is 0 Å². The van der Waals surface area contributed by atoms with Crippen molar-refractivity contribution >= 4 is 5.97 Å². The first-order valence-corrected chi connectivity index (χ1v) is 6.50. The third-order valence-corrected chi connectivity index (χ3v) is 3.29. The van der Waals surface area contributed by atoms with E-state index >= 15 is 0 Å². The van der Waals surface area contributed by atoms with Gasteiger partial charge in [-0.25, -0.2) is 4.79 Å². The zero-order chi connectivity index (χ0) is 13.8. The van der Waals surface area contributed by atoms with Gasteiger partial charge < -0.3 is 9.30 Å². The molecule has 0 N–H and O–H groups in total. The van der Waals surface area contributed by atoms with E-state index in [-0.39, 0.29) is 5.97 Å². The molecule has 0 saturated heterocycles. The van der Waals surface area contributed by atoms with E-state index in [1.807, 2.05) is 23.8 Å². The van der Waals surface area contributed by atoms with Crippen molar-refractivity contribution in [1.29, 1.82) is 0 Å². The number of hydrogen-bond donors (Lipinski definition) is 0. The molecule has 0 saturated carbocycles. The van der Waals surface area contributed by atoms with Crippen molar-refractivity contribution < 1.29 is 9.53 Å². The molecule has 1 heterocycles. The van der Waals surface area contributed by atoms with E-state index in [0.717, 1.165) is 0 Å². The molecule has 19 heavy (non-hydrogen) atoms. The SMILES string of the molecule is CCOC(=O)c1cccn1Cc1c(C)cccc1C. The summed E-state index contributed by atoms with van der Waals surface area (Å²) in [7, 11) is 0. The minimum atomic E-state index is -0.265. The van der Waals surface area contributed by atoms with Gasteiger partial charge in [0.05, 0.1) is 6.61 Å². The average molecular weight is 257 g/mol. The lowest BCUT2D eigenvalue weighted by atomic mass is 10.0. The van der Waals surface area contributed by atoms with Gasteiger partial charge in [-0.1, -0.05) is 18.2 Å². The fraction of sp³-hybridized carbons (Fsp3) is 0.312. The topological polar surface area (TPSA) is 31.2 Å². The number of carbonyl (C=O) groups is 1. The predicted octanol–water partition coefficient (Wildman–Crippen LogP) is 3.33. The third-order valence-electron chi connectivity index (χ3n) is 3.29. The van der Waals surface area contributed by atoms with Crippen LogP contribution in [0.1, 0.15) is 34.1 Å². The number of rotatable bonds is 4. The number of aryl methyl sites for hydroxylation is 2. The van der Waals surface area contributed by atoms with Crippen molar-refractivity contribution in [2.75, 3.05) is 6.61 Å². The zero-order valence-corrected chi connectivity index (χ0v) is 11.6. The number of esters is 1. The summed E-state index contributed by atoms with van der Waals surface area (Å²) in [4.78, 5) is 11.8. The van der Waals surface area contributed by atoms with Gasteiger partial charge in [0.15, 0.2) is 0 Å². The van der Waals surface area contributed by atoms with Crippen molar-refractivity contribution in [2.45, 2.75) is 27.3 Å². The Labute approximate surface area is 113 Å². The van der Waals surface area contributed by atoms with Crippen molar-refractivity contribution in [3.8, 4) is 0 Å². The molecule has 0 aliphatic heterocycles. The van der Waals surface area contributed by atoms with Gasteiger partial charge >= 0.3 is 5.97 Å². The summed E-state index contributed by atoms with van der Waals surface area (Å²) < 4.78 is 7.00. The Morgan fingerprint density at radius 2 is 1.84 bits per heavy atom. The summed E-state index contributed by atoms with van der Waals surface area (Å²) in [5.74, 6) is -0.265. The molecule has 100 valence electrons. The Bertz CT molecular complexity index is 564. The Morgan fingerprint density at radius 1 is 1.16 bits per heavy atom. The number of benzene rings is 1. The average Bonchev–Trinajstić information content (AvgIpc) is 2.82. The molecule has 0 aliphatic rings. The summed E-state index contributed by atoms with van der Waals surface area (Å²) in [5.41, 5.74) is 4.33. The Balaban J connectivity index is 2.30. The highest BCUT2D eigenvalue weighted by Gasteiger charge is 2.13. The summed E-state index contributed by atoms with van der Waals surface area (Å²) in [6.45, 7) is 7.09. The van der Waals surface area contributed by atoms with Crippen molar-refractivity contribution in [2.24, 2.45) is 0 Å². The largest absolute Gasteiger partial charge is 0.461 e. The molecular weight excluding hydrogens is 238 g/mol. The molecule has 2 rings (SSSR count). The van der Waals surface area contributed by atoms with Gasteiger partial charge in [-0.15, -0.1) is 0 Å². The van der Waals surface area contributed by atoms with E-state index in [1.165, 1.54) is 16.7 Å². The molecule has 0 fully saturated rings. The first-order chi connectivity index (χ1) is 9.13. The van der Waals surface area contributed by atoms with E-state index in [9.17, 15) is 4.79 Å². The van der Waals surface area contributed by atoms with E-state index < -0.39 is 0 Å². The van der Waals surface area contributed by atoms with E-state index in [1.54, 1.807) is 6.07 Å². The van der Waals surface area contributed by atoms with Crippen LogP contribution in [-0.2, 0) is 11.3 Å². The maximum atomic E-state index is 11.8. The van der Waals surface area contributed by atoms with Crippen LogP contribution in [-0.4, -0.2) is 17.1 Å². The number of nitrogens with zero attached hydrogens (tertiary/aromatic N) is 1. The summed E-state index contributed by atoms with van der Waals surface area (Å²) in [6.07, 6.45) is 1.91. The zero-order valence-electron chi connectivity index (χ0n) is 11.6. The maximum absolute atomic E-state index is 11.8. The normalized spacial score (nSPS) is 10.5. The minimum Gasteiger partial charge on any atom is -0.461 e. The number of aromatic nitrogens is 1. The second kappa shape index (κ2) is 5.74. The van der Waals surface area contributed by atoms with Crippen LogP contribution in [0.3, 0.4) is 0 Å². The number of hydrogen-bond acceptors (Lipinski definition) is 2. The van der Waals surface area contributed by atoms with Crippen LogP contribution in [0.4, 0.5) is 0 Å². The Morgan fingerprint density at radius 3 is 2.47 bits per heavy atom.